The van der Waals surface area contributed by atoms with Crippen molar-refractivity contribution in [3.05, 3.63) is 39.4 Å². The van der Waals surface area contributed by atoms with Crippen LogP contribution in [0.25, 0.3) is 10.9 Å². The number of alkyl halides is 3. The fourth-order valence-corrected chi connectivity index (χ4v) is 2.60. The van der Waals surface area contributed by atoms with Crippen molar-refractivity contribution in [1.82, 2.24) is 14.5 Å². The second kappa shape index (κ2) is 9.85. The van der Waals surface area contributed by atoms with Gasteiger partial charge >= 0.3 is 12.1 Å². The molecular formula is C17H22ClF3N4O3. The summed E-state index contributed by atoms with van der Waals surface area (Å²) in [5.41, 5.74) is 6.46. The Labute approximate surface area is 164 Å². The Morgan fingerprint density at radius 1 is 1.39 bits per heavy atom. The quantitative estimate of drug-likeness (QED) is 0.768. The van der Waals surface area contributed by atoms with Gasteiger partial charge in [0.05, 0.1) is 22.0 Å². The SMILES string of the molecule is C[C@H](N)c1nc2cccc(Cl)c2c(=O)n1CCCN(C)C.O=C(O)C(F)(F)F. The average Bonchev–Trinajstić information content (AvgIpc) is 2.55. The van der Waals surface area contributed by atoms with Crippen LogP contribution in [0.5, 0.6) is 0 Å². The maximum absolute atomic E-state index is 12.7. The van der Waals surface area contributed by atoms with Crippen LogP contribution in [-0.2, 0) is 11.3 Å². The molecule has 0 radical (unpaired) electrons. The van der Waals surface area contributed by atoms with E-state index in [-0.39, 0.29) is 11.6 Å². The van der Waals surface area contributed by atoms with E-state index in [0.717, 1.165) is 13.0 Å². The maximum atomic E-state index is 12.7. The zero-order valence-electron chi connectivity index (χ0n) is 15.6. The number of carbonyl (C=O) groups is 1. The van der Waals surface area contributed by atoms with Gasteiger partial charge in [0.25, 0.3) is 5.56 Å². The number of carboxylic acid groups (broad SMARTS) is 1. The summed E-state index contributed by atoms with van der Waals surface area (Å²) in [6, 6.07) is 4.99. The number of aromatic nitrogens is 2. The molecule has 2 aromatic rings. The van der Waals surface area contributed by atoms with E-state index < -0.39 is 12.1 Å². The van der Waals surface area contributed by atoms with Crippen molar-refractivity contribution in [1.29, 1.82) is 0 Å². The van der Waals surface area contributed by atoms with E-state index in [1.165, 1.54) is 0 Å². The summed E-state index contributed by atoms with van der Waals surface area (Å²) in [5.74, 6) is -2.15. The number of benzene rings is 1. The van der Waals surface area contributed by atoms with Crippen LogP contribution in [-0.4, -0.2) is 52.3 Å². The van der Waals surface area contributed by atoms with Gasteiger partial charge in [-0.05, 0) is 46.1 Å². The predicted molar refractivity (Wildman–Crippen MR) is 100 cm³/mol. The number of halogens is 4. The highest BCUT2D eigenvalue weighted by Gasteiger charge is 2.38. The van der Waals surface area contributed by atoms with Gasteiger partial charge in [-0.3, -0.25) is 9.36 Å². The number of fused-ring (bicyclic) bond motifs is 1. The maximum Gasteiger partial charge on any atom is 0.490 e. The van der Waals surface area contributed by atoms with Gasteiger partial charge in [0.2, 0.25) is 0 Å². The third-order valence-corrected chi connectivity index (χ3v) is 3.91. The number of rotatable bonds is 5. The number of nitrogens with zero attached hydrogens (tertiary/aromatic N) is 3. The van der Waals surface area contributed by atoms with E-state index in [2.05, 4.69) is 9.88 Å². The zero-order valence-corrected chi connectivity index (χ0v) is 16.4. The lowest BCUT2D eigenvalue weighted by atomic mass is 10.2. The lowest BCUT2D eigenvalue weighted by Gasteiger charge is -2.17. The third-order valence-electron chi connectivity index (χ3n) is 3.60. The van der Waals surface area contributed by atoms with Crippen LogP contribution in [0.4, 0.5) is 13.2 Å². The summed E-state index contributed by atoms with van der Waals surface area (Å²) < 4.78 is 33.4. The van der Waals surface area contributed by atoms with Gasteiger partial charge in [-0.15, -0.1) is 0 Å². The Bertz CT molecular complexity index is 882. The molecule has 0 saturated carbocycles. The van der Waals surface area contributed by atoms with E-state index in [9.17, 15) is 18.0 Å². The van der Waals surface area contributed by atoms with Gasteiger partial charge in [0, 0.05) is 6.54 Å². The first-order chi connectivity index (χ1) is 12.9. The fraction of sp³-hybridized carbons (Fsp3) is 0.471. The second-order valence-corrected chi connectivity index (χ2v) is 6.72. The van der Waals surface area contributed by atoms with E-state index in [0.29, 0.717) is 28.3 Å². The largest absolute Gasteiger partial charge is 0.490 e. The molecule has 0 unspecified atom stereocenters. The molecule has 1 heterocycles. The van der Waals surface area contributed by atoms with E-state index in [1.54, 1.807) is 22.8 Å². The molecule has 0 bridgehead atoms. The molecule has 3 N–H and O–H groups in total. The van der Waals surface area contributed by atoms with Crippen molar-refractivity contribution in [2.45, 2.75) is 32.1 Å². The summed E-state index contributed by atoms with van der Waals surface area (Å²) in [6.07, 6.45) is -4.23. The number of hydrogen-bond acceptors (Lipinski definition) is 5. The van der Waals surface area contributed by atoms with Crippen molar-refractivity contribution in [3.63, 3.8) is 0 Å². The summed E-state index contributed by atoms with van der Waals surface area (Å²) >= 11 is 6.16. The average molecular weight is 423 g/mol. The standard InChI is InChI=1S/C15H21ClN4O.C2HF3O2/c1-10(17)14-18-12-7-4-6-11(16)13(12)15(21)20(14)9-5-8-19(2)3;3-2(4,5)1(6)7/h4,6-7,10H,5,8-9,17H2,1-3H3;(H,6,7)/t10-;/m0./s1. The normalized spacial score (nSPS) is 12.6. The van der Waals surface area contributed by atoms with Gasteiger partial charge in [-0.2, -0.15) is 13.2 Å². The Hall–Kier alpha value is -2.17. The van der Waals surface area contributed by atoms with Crippen molar-refractivity contribution >= 4 is 28.5 Å². The first-order valence-corrected chi connectivity index (χ1v) is 8.63. The molecule has 2 rings (SSSR count). The smallest absolute Gasteiger partial charge is 0.475 e. The van der Waals surface area contributed by atoms with Gasteiger partial charge in [0.1, 0.15) is 5.82 Å². The Kier molecular flexibility index (Phi) is 8.40. The molecule has 28 heavy (non-hydrogen) atoms. The van der Waals surface area contributed by atoms with Crippen molar-refractivity contribution < 1.29 is 23.1 Å². The third kappa shape index (κ3) is 6.47. The van der Waals surface area contributed by atoms with Gasteiger partial charge in [0.15, 0.2) is 0 Å². The van der Waals surface area contributed by atoms with E-state index >= 15 is 0 Å². The number of hydrogen-bond donors (Lipinski definition) is 2. The lowest BCUT2D eigenvalue weighted by Crippen LogP contribution is -2.30. The Morgan fingerprint density at radius 2 is 1.96 bits per heavy atom. The number of nitrogens with two attached hydrogens (primary N) is 1. The predicted octanol–water partition coefficient (Wildman–Crippen LogP) is 2.65. The molecule has 0 aliphatic rings. The highest BCUT2D eigenvalue weighted by atomic mass is 35.5. The van der Waals surface area contributed by atoms with Crippen LogP contribution in [0.15, 0.2) is 23.0 Å². The molecule has 156 valence electrons. The molecule has 0 aliphatic heterocycles. The van der Waals surface area contributed by atoms with Crippen LogP contribution in [0.3, 0.4) is 0 Å². The van der Waals surface area contributed by atoms with Crippen molar-refractivity contribution in [3.8, 4) is 0 Å². The first-order valence-electron chi connectivity index (χ1n) is 8.25. The summed E-state index contributed by atoms with van der Waals surface area (Å²) in [4.78, 5) is 28.2. The van der Waals surface area contributed by atoms with E-state index in [1.807, 2.05) is 21.0 Å². The molecule has 0 spiro atoms. The van der Waals surface area contributed by atoms with E-state index in [4.69, 9.17) is 27.2 Å². The van der Waals surface area contributed by atoms with Crippen molar-refractivity contribution in [2.75, 3.05) is 20.6 Å². The van der Waals surface area contributed by atoms with Gasteiger partial charge < -0.3 is 15.7 Å². The Morgan fingerprint density at radius 3 is 2.43 bits per heavy atom. The molecule has 0 amide bonds. The van der Waals surface area contributed by atoms with Crippen molar-refractivity contribution in [2.24, 2.45) is 5.73 Å². The number of carboxylic acids is 1. The Balaban J connectivity index is 0.000000480. The molecular weight excluding hydrogens is 401 g/mol. The summed E-state index contributed by atoms with van der Waals surface area (Å²) in [5, 5.41) is 8.02. The van der Waals surface area contributed by atoms with Gasteiger partial charge in [-0.1, -0.05) is 17.7 Å². The highest BCUT2D eigenvalue weighted by molar-refractivity contribution is 6.35. The topological polar surface area (TPSA) is 101 Å². The molecule has 7 nitrogen and oxygen atoms in total. The molecule has 1 aromatic heterocycles. The van der Waals surface area contributed by atoms with Crippen LogP contribution in [0.1, 0.15) is 25.2 Å². The summed E-state index contributed by atoms with van der Waals surface area (Å²) in [6.45, 7) is 3.31. The number of aliphatic carboxylic acids is 1. The van der Waals surface area contributed by atoms with Gasteiger partial charge in [-0.25, -0.2) is 9.78 Å². The molecule has 0 fully saturated rings. The van der Waals surface area contributed by atoms with Crippen LogP contribution in [0, 0.1) is 0 Å². The highest BCUT2D eigenvalue weighted by Crippen LogP contribution is 2.20. The van der Waals surface area contributed by atoms with Crippen LogP contribution < -0.4 is 11.3 Å². The monoisotopic (exact) mass is 422 g/mol. The molecule has 11 heteroatoms. The fourth-order valence-electron chi connectivity index (χ4n) is 2.35. The minimum Gasteiger partial charge on any atom is -0.475 e. The summed E-state index contributed by atoms with van der Waals surface area (Å²) in [7, 11) is 4.01. The first kappa shape index (κ1) is 23.9. The molecule has 0 saturated heterocycles. The molecule has 0 aliphatic carbocycles. The molecule has 1 atom stereocenters. The second-order valence-electron chi connectivity index (χ2n) is 6.31. The molecule has 1 aromatic carbocycles. The lowest BCUT2D eigenvalue weighted by molar-refractivity contribution is -0.192. The van der Waals surface area contributed by atoms with Crippen LogP contribution >= 0.6 is 11.6 Å². The minimum atomic E-state index is -5.08. The minimum absolute atomic E-state index is 0.114. The van der Waals surface area contributed by atoms with Crippen LogP contribution in [0.2, 0.25) is 5.02 Å². The zero-order chi connectivity index (χ0) is 21.6.